The summed E-state index contributed by atoms with van der Waals surface area (Å²) in [6.07, 6.45) is 4.67. The van der Waals surface area contributed by atoms with E-state index in [1.54, 1.807) is 6.20 Å². The van der Waals surface area contributed by atoms with Gasteiger partial charge in [0.1, 0.15) is 0 Å². The SMILES string of the molecule is CC(C)NC(N)=NCCCn1cccn1.I. The number of aryl methyl sites for hydroxylation is 1. The molecule has 0 atom stereocenters. The summed E-state index contributed by atoms with van der Waals surface area (Å²) in [6.45, 7) is 5.68. The van der Waals surface area contributed by atoms with E-state index in [1.807, 2.05) is 30.8 Å². The molecule has 1 rings (SSSR count). The Bertz CT molecular complexity index is 294. The highest BCUT2D eigenvalue weighted by atomic mass is 127. The van der Waals surface area contributed by atoms with Crippen LogP contribution in [0.15, 0.2) is 23.5 Å². The standard InChI is InChI=1S/C10H19N5.HI/c1-9(2)14-10(11)12-5-3-7-15-8-4-6-13-15;/h4,6,8-9H,3,5,7H2,1-2H3,(H3,11,12,14);1H. The third-order valence-corrected chi connectivity index (χ3v) is 1.82. The lowest BCUT2D eigenvalue weighted by Gasteiger charge is -2.08. The zero-order chi connectivity index (χ0) is 11.1. The van der Waals surface area contributed by atoms with Gasteiger partial charge in [-0.15, -0.1) is 24.0 Å². The number of hydrogen-bond donors (Lipinski definition) is 2. The van der Waals surface area contributed by atoms with Crippen LogP contribution >= 0.6 is 24.0 Å². The Morgan fingerprint density at radius 1 is 1.56 bits per heavy atom. The van der Waals surface area contributed by atoms with E-state index in [-0.39, 0.29) is 24.0 Å². The normalized spacial score (nSPS) is 11.3. The van der Waals surface area contributed by atoms with E-state index in [4.69, 9.17) is 5.73 Å². The molecule has 0 unspecified atom stereocenters. The Hall–Kier alpha value is -0.790. The van der Waals surface area contributed by atoms with Crippen LogP contribution in [0.3, 0.4) is 0 Å². The lowest BCUT2D eigenvalue weighted by molar-refractivity contribution is 0.584. The number of aliphatic imine (C=N–C) groups is 1. The predicted octanol–water partition coefficient (Wildman–Crippen LogP) is 1.20. The van der Waals surface area contributed by atoms with Crippen molar-refractivity contribution in [1.82, 2.24) is 15.1 Å². The van der Waals surface area contributed by atoms with E-state index >= 15 is 0 Å². The highest BCUT2D eigenvalue weighted by molar-refractivity contribution is 14.0. The molecule has 0 aliphatic carbocycles. The first-order chi connectivity index (χ1) is 7.18. The second-order valence-electron chi connectivity index (χ2n) is 3.69. The molecule has 1 aromatic rings. The van der Waals surface area contributed by atoms with Crippen LogP contribution < -0.4 is 11.1 Å². The van der Waals surface area contributed by atoms with Crippen LogP contribution in [-0.2, 0) is 6.54 Å². The summed E-state index contributed by atoms with van der Waals surface area (Å²) in [7, 11) is 0. The number of hydrogen-bond acceptors (Lipinski definition) is 2. The molecular formula is C10H20IN5. The molecule has 0 saturated carbocycles. The number of nitrogens with one attached hydrogen (secondary N) is 1. The summed E-state index contributed by atoms with van der Waals surface area (Å²) < 4.78 is 1.89. The minimum absolute atomic E-state index is 0. The molecule has 0 bridgehead atoms. The molecule has 0 amide bonds. The Labute approximate surface area is 114 Å². The first-order valence-corrected chi connectivity index (χ1v) is 5.22. The van der Waals surface area contributed by atoms with Crippen molar-refractivity contribution < 1.29 is 0 Å². The monoisotopic (exact) mass is 337 g/mol. The molecule has 0 fully saturated rings. The molecule has 0 radical (unpaired) electrons. The van der Waals surface area contributed by atoms with Crippen LogP contribution in [-0.4, -0.2) is 28.3 Å². The molecule has 0 aromatic carbocycles. The van der Waals surface area contributed by atoms with E-state index < -0.39 is 0 Å². The zero-order valence-corrected chi connectivity index (χ0v) is 12.1. The minimum atomic E-state index is 0. The van der Waals surface area contributed by atoms with Gasteiger partial charge >= 0.3 is 0 Å². The van der Waals surface area contributed by atoms with Crippen LogP contribution in [0.25, 0.3) is 0 Å². The van der Waals surface area contributed by atoms with Crippen molar-refractivity contribution in [2.45, 2.75) is 32.9 Å². The maximum atomic E-state index is 5.65. The van der Waals surface area contributed by atoms with Gasteiger partial charge in [-0.25, -0.2) is 0 Å². The van der Waals surface area contributed by atoms with Gasteiger partial charge in [-0.3, -0.25) is 9.67 Å². The molecule has 92 valence electrons. The first-order valence-electron chi connectivity index (χ1n) is 5.22. The highest BCUT2D eigenvalue weighted by Gasteiger charge is 1.94. The lowest BCUT2D eigenvalue weighted by atomic mass is 10.4. The predicted molar refractivity (Wildman–Crippen MR) is 77.0 cm³/mol. The number of aromatic nitrogens is 2. The first kappa shape index (κ1) is 15.2. The topological polar surface area (TPSA) is 68.2 Å². The average molecular weight is 337 g/mol. The molecule has 0 aliphatic heterocycles. The van der Waals surface area contributed by atoms with Crippen molar-refractivity contribution in [2.75, 3.05) is 6.54 Å². The number of nitrogens with two attached hydrogens (primary N) is 1. The number of nitrogens with zero attached hydrogens (tertiary/aromatic N) is 3. The fraction of sp³-hybridized carbons (Fsp3) is 0.600. The van der Waals surface area contributed by atoms with Crippen LogP contribution in [0.4, 0.5) is 0 Å². The summed E-state index contributed by atoms with van der Waals surface area (Å²) in [4.78, 5) is 4.21. The second-order valence-corrected chi connectivity index (χ2v) is 3.69. The van der Waals surface area contributed by atoms with E-state index in [2.05, 4.69) is 15.4 Å². The Morgan fingerprint density at radius 2 is 2.31 bits per heavy atom. The molecule has 3 N–H and O–H groups in total. The van der Waals surface area contributed by atoms with E-state index in [1.165, 1.54) is 0 Å². The van der Waals surface area contributed by atoms with Crippen molar-refractivity contribution >= 4 is 29.9 Å². The van der Waals surface area contributed by atoms with Gasteiger partial charge in [0, 0.05) is 31.5 Å². The van der Waals surface area contributed by atoms with Crippen molar-refractivity contribution in [3.8, 4) is 0 Å². The molecule has 0 saturated heterocycles. The third kappa shape index (κ3) is 6.65. The van der Waals surface area contributed by atoms with Crippen LogP contribution in [0.5, 0.6) is 0 Å². The number of guanidine groups is 1. The Balaban J connectivity index is 0.00000225. The molecule has 16 heavy (non-hydrogen) atoms. The fourth-order valence-corrected chi connectivity index (χ4v) is 1.21. The minimum Gasteiger partial charge on any atom is -0.370 e. The molecule has 1 aromatic heterocycles. The highest BCUT2D eigenvalue weighted by Crippen LogP contribution is 1.89. The maximum absolute atomic E-state index is 5.65. The van der Waals surface area contributed by atoms with Crippen LogP contribution in [0, 0.1) is 0 Å². The molecular weight excluding hydrogens is 317 g/mol. The molecule has 0 spiro atoms. The quantitative estimate of drug-likeness (QED) is 0.367. The van der Waals surface area contributed by atoms with Crippen LogP contribution in [0.2, 0.25) is 0 Å². The van der Waals surface area contributed by atoms with Crippen molar-refractivity contribution in [1.29, 1.82) is 0 Å². The van der Waals surface area contributed by atoms with E-state index in [0.29, 0.717) is 12.0 Å². The summed E-state index contributed by atoms with van der Waals surface area (Å²) in [5.74, 6) is 0.519. The van der Waals surface area contributed by atoms with E-state index in [0.717, 1.165) is 19.5 Å². The largest absolute Gasteiger partial charge is 0.370 e. The van der Waals surface area contributed by atoms with Crippen molar-refractivity contribution in [3.63, 3.8) is 0 Å². The summed E-state index contributed by atoms with van der Waals surface area (Å²) in [6, 6.07) is 2.25. The van der Waals surface area contributed by atoms with Gasteiger partial charge in [0.25, 0.3) is 0 Å². The van der Waals surface area contributed by atoms with Gasteiger partial charge in [0.2, 0.25) is 0 Å². The molecule has 0 aliphatic rings. The van der Waals surface area contributed by atoms with Crippen LogP contribution in [0.1, 0.15) is 20.3 Å². The van der Waals surface area contributed by atoms with Gasteiger partial charge in [0.15, 0.2) is 5.96 Å². The maximum Gasteiger partial charge on any atom is 0.188 e. The lowest BCUT2D eigenvalue weighted by Crippen LogP contribution is -2.36. The summed E-state index contributed by atoms with van der Waals surface area (Å²) >= 11 is 0. The van der Waals surface area contributed by atoms with E-state index in [9.17, 15) is 0 Å². The number of halogens is 1. The molecule has 1 heterocycles. The van der Waals surface area contributed by atoms with Gasteiger partial charge in [-0.2, -0.15) is 5.10 Å². The Kier molecular flexibility index (Phi) is 7.96. The Morgan fingerprint density at radius 3 is 2.88 bits per heavy atom. The third-order valence-electron chi connectivity index (χ3n) is 1.82. The van der Waals surface area contributed by atoms with Crippen molar-refractivity contribution in [2.24, 2.45) is 10.7 Å². The fourth-order valence-electron chi connectivity index (χ4n) is 1.21. The summed E-state index contributed by atoms with van der Waals surface area (Å²) in [5, 5.41) is 7.14. The van der Waals surface area contributed by atoms with Crippen molar-refractivity contribution in [3.05, 3.63) is 18.5 Å². The second kappa shape index (κ2) is 8.37. The smallest absolute Gasteiger partial charge is 0.188 e. The van der Waals surface area contributed by atoms with Gasteiger partial charge in [-0.1, -0.05) is 0 Å². The summed E-state index contributed by atoms with van der Waals surface area (Å²) in [5.41, 5.74) is 5.65. The van der Waals surface area contributed by atoms with Gasteiger partial charge in [0.05, 0.1) is 0 Å². The van der Waals surface area contributed by atoms with Gasteiger partial charge < -0.3 is 11.1 Å². The average Bonchev–Trinajstić information content (AvgIpc) is 2.63. The number of rotatable bonds is 5. The molecule has 5 nitrogen and oxygen atoms in total. The zero-order valence-electron chi connectivity index (χ0n) is 9.76. The van der Waals surface area contributed by atoms with Gasteiger partial charge in [-0.05, 0) is 26.3 Å². The molecule has 6 heteroatoms.